The number of carbonyl (C=O) groups excluding carboxylic acids is 4. The topological polar surface area (TPSA) is 111 Å². The number of urea groups is 1. The van der Waals surface area contributed by atoms with Crippen LogP contribution in [0, 0.1) is 11.3 Å². The van der Waals surface area contributed by atoms with Crippen LogP contribution in [-0.4, -0.2) is 42.5 Å². The first-order valence-corrected chi connectivity index (χ1v) is 10.6. The van der Waals surface area contributed by atoms with E-state index in [1.807, 2.05) is 6.07 Å². The smallest absolute Gasteiger partial charge is 0.345 e. The van der Waals surface area contributed by atoms with E-state index < -0.39 is 35.5 Å². The SMILES string of the molecule is CC(=O)C1=C(C)N(c2cccc(C(F)(F)F)c2)C(=O)N(C)C1c1ccc(C#N)cc1C(=O)NCC=O. The first kappa shape index (κ1) is 26.2. The molecule has 0 saturated heterocycles. The van der Waals surface area contributed by atoms with Gasteiger partial charge in [-0.25, -0.2) is 4.79 Å². The maximum Gasteiger partial charge on any atom is 0.416 e. The molecule has 0 bridgehead atoms. The number of alkyl halides is 3. The zero-order valence-electron chi connectivity index (χ0n) is 19.5. The van der Waals surface area contributed by atoms with Crippen LogP contribution in [0.2, 0.25) is 0 Å². The number of nitriles is 1. The fraction of sp³-hybridized carbons (Fsp3) is 0.240. The number of likely N-dealkylation sites (N-methyl/N-ethyl adjacent to an activating group) is 1. The number of hydrogen-bond donors (Lipinski definition) is 1. The summed E-state index contributed by atoms with van der Waals surface area (Å²) >= 11 is 0. The van der Waals surface area contributed by atoms with Crippen LogP contribution in [0.5, 0.6) is 0 Å². The molecule has 3 amide bonds. The highest BCUT2D eigenvalue weighted by Crippen LogP contribution is 2.41. The number of Topliss-reactive ketones (excluding diaryl/α,β-unsaturated/α-hetero) is 1. The van der Waals surface area contributed by atoms with Gasteiger partial charge in [-0.15, -0.1) is 0 Å². The van der Waals surface area contributed by atoms with Gasteiger partial charge in [0.15, 0.2) is 5.78 Å². The largest absolute Gasteiger partial charge is 0.416 e. The number of anilines is 1. The minimum absolute atomic E-state index is 0.0281. The standard InChI is InChI=1S/C25H21F3N4O4/c1-14-21(15(2)34)22(19-8-7-16(13-29)11-20(19)23(35)30-9-10-33)31(3)24(36)32(14)18-6-4-5-17(12-18)25(26,27)28/h4-8,10-12,22H,9H2,1-3H3,(H,30,35). The Kier molecular flexibility index (Phi) is 7.29. The van der Waals surface area contributed by atoms with Crippen LogP contribution in [0.1, 0.15) is 46.9 Å². The number of halogens is 3. The van der Waals surface area contributed by atoms with Crippen LogP contribution in [0.4, 0.5) is 23.7 Å². The third kappa shape index (κ3) is 4.84. The van der Waals surface area contributed by atoms with E-state index in [4.69, 9.17) is 0 Å². The first-order valence-electron chi connectivity index (χ1n) is 10.6. The van der Waals surface area contributed by atoms with Crippen molar-refractivity contribution in [2.75, 3.05) is 18.5 Å². The van der Waals surface area contributed by atoms with Gasteiger partial charge in [0.1, 0.15) is 6.29 Å². The first-order chi connectivity index (χ1) is 16.9. The van der Waals surface area contributed by atoms with E-state index in [0.717, 1.165) is 28.0 Å². The molecule has 36 heavy (non-hydrogen) atoms. The van der Waals surface area contributed by atoms with Crippen molar-refractivity contribution in [3.8, 4) is 6.07 Å². The van der Waals surface area contributed by atoms with Crippen LogP contribution in [0.25, 0.3) is 0 Å². The molecule has 1 aliphatic heterocycles. The van der Waals surface area contributed by atoms with Gasteiger partial charge in [-0.3, -0.25) is 14.5 Å². The van der Waals surface area contributed by atoms with Gasteiger partial charge in [-0.05, 0) is 49.7 Å². The predicted molar refractivity (Wildman–Crippen MR) is 123 cm³/mol. The maximum atomic E-state index is 13.5. The molecule has 1 atom stereocenters. The van der Waals surface area contributed by atoms with Gasteiger partial charge in [-0.1, -0.05) is 12.1 Å². The molecule has 186 valence electrons. The lowest BCUT2D eigenvalue weighted by atomic mass is 9.87. The average Bonchev–Trinajstić information content (AvgIpc) is 2.83. The van der Waals surface area contributed by atoms with E-state index in [9.17, 15) is 37.6 Å². The fourth-order valence-corrected chi connectivity index (χ4v) is 4.15. The number of allylic oxidation sites excluding steroid dienone is 1. The number of hydrogen-bond acceptors (Lipinski definition) is 5. The summed E-state index contributed by atoms with van der Waals surface area (Å²) in [5.41, 5.74) is -0.560. The highest BCUT2D eigenvalue weighted by Gasteiger charge is 2.41. The van der Waals surface area contributed by atoms with Crippen molar-refractivity contribution in [1.82, 2.24) is 10.2 Å². The minimum Gasteiger partial charge on any atom is -0.345 e. The van der Waals surface area contributed by atoms with Crippen molar-refractivity contribution in [3.63, 3.8) is 0 Å². The molecule has 11 heteroatoms. The summed E-state index contributed by atoms with van der Waals surface area (Å²) in [5.74, 6) is -1.17. The molecule has 2 aromatic rings. The Bertz CT molecular complexity index is 1330. The van der Waals surface area contributed by atoms with Gasteiger partial charge in [-0.2, -0.15) is 18.4 Å². The molecule has 0 spiro atoms. The number of carbonyl (C=O) groups is 4. The molecular weight excluding hydrogens is 477 g/mol. The molecule has 0 fully saturated rings. The third-order valence-electron chi connectivity index (χ3n) is 5.76. The number of nitrogens with one attached hydrogen (secondary N) is 1. The Morgan fingerprint density at radius 1 is 1.19 bits per heavy atom. The van der Waals surface area contributed by atoms with Crippen LogP contribution in [0.15, 0.2) is 53.7 Å². The molecule has 0 aromatic heterocycles. The summed E-state index contributed by atoms with van der Waals surface area (Å²) in [6, 6.07) is 8.38. The van der Waals surface area contributed by atoms with Gasteiger partial charge in [0.2, 0.25) is 0 Å². The van der Waals surface area contributed by atoms with Crippen molar-refractivity contribution in [1.29, 1.82) is 5.26 Å². The lowest BCUT2D eigenvalue weighted by molar-refractivity contribution is -0.137. The van der Waals surface area contributed by atoms with Crippen LogP contribution >= 0.6 is 0 Å². The van der Waals surface area contributed by atoms with Crippen LogP contribution < -0.4 is 10.2 Å². The van der Waals surface area contributed by atoms with Crippen molar-refractivity contribution >= 4 is 29.7 Å². The minimum atomic E-state index is -4.64. The maximum absolute atomic E-state index is 13.5. The fourth-order valence-electron chi connectivity index (χ4n) is 4.15. The summed E-state index contributed by atoms with van der Waals surface area (Å²) in [6.45, 7) is 2.38. The number of aldehydes is 1. The Morgan fingerprint density at radius 3 is 2.47 bits per heavy atom. The zero-order valence-corrected chi connectivity index (χ0v) is 19.5. The van der Waals surface area contributed by atoms with E-state index in [-0.39, 0.29) is 40.2 Å². The zero-order chi connectivity index (χ0) is 26.8. The number of ketones is 1. The third-order valence-corrected chi connectivity index (χ3v) is 5.76. The van der Waals surface area contributed by atoms with E-state index in [1.165, 1.54) is 45.2 Å². The number of nitrogens with zero attached hydrogens (tertiary/aromatic N) is 3. The second kappa shape index (κ2) is 10.0. The van der Waals surface area contributed by atoms with E-state index in [1.54, 1.807) is 0 Å². The van der Waals surface area contributed by atoms with Gasteiger partial charge < -0.3 is 15.0 Å². The summed E-state index contributed by atoms with van der Waals surface area (Å²) in [5, 5.41) is 11.7. The number of amides is 3. The summed E-state index contributed by atoms with van der Waals surface area (Å²) in [4.78, 5) is 52.0. The highest BCUT2D eigenvalue weighted by atomic mass is 19.4. The lowest BCUT2D eigenvalue weighted by Crippen LogP contribution is -2.49. The van der Waals surface area contributed by atoms with E-state index in [0.29, 0.717) is 6.29 Å². The van der Waals surface area contributed by atoms with Gasteiger partial charge in [0.25, 0.3) is 5.91 Å². The van der Waals surface area contributed by atoms with Crippen molar-refractivity contribution in [3.05, 3.63) is 76.0 Å². The normalized spacial score (nSPS) is 16.0. The van der Waals surface area contributed by atoms with Gasteiger partial charge in [0, 0.05) is 23.9 Å². The monoisotopic (exact) mass is 498 g/mol. The summed E-state index contributed by atoms with van der Waals surface area (Å²) < 4.78 is 39.9. The van der Waals surface area contributed by atoms with Gasteiger partial charge in [0.05, 0.1) is 35.5 Å². The van der Waals surface area contributed by atoms with Crippen molar-refractivity contribution in [2.45, 2.75) is 26.1 Å². The second-order valence-corrected chi connectivity index (χ2v) is 8.03. The Labute approximate surface area is 204 Å². The molecule has 2 aromatic carbocycles. The summed E-state index contributed by atoms with van der Waals surface area (Å²) in [6.07, 6.45) is -4.17. The molecule has 8 nitrogen and oxygen atoms in total. The number of rotatable bonds is 6. The average molecular weight is 498 g/mol. The molecule has 0 saturated carbocycles. The number of benzene rings is 2. The van der Waals surface area contributed by atoms with Crippen LogP contribution in [-0.2, 0) is 15.8 Å². The lowest BCUT2D eigenvalue weighted by Gasteiger charge is -2.41. The second-order valence-electron chi connectivity index (χ2n) is 8.03. The molecule has 1 aliphatic rings. The Balaban J connectivity index is 2.24. The molecule has 1 heterocycles. The molecule has 0 aliphatic carbocycles. The van der Waals surface area contributed by atoms with Crippen LogP contribution in [0.3, 0.4) is 0 Å². The predicted octanol–water partition coefficient (Wildman–Crippen LogP) is 3.98. The highest BCUT2D eigenvalue weighted by molar-refractivity contribution is 6.06. The van der Waals surface area contributed by atoms with E-state index in [2.05, 4.69) is 5.32 Å². The Morgan fingerprint density at radius 2 is 1.89 bits per heavy atom. The Hall–Kier alpha value is -4.46. The molecular formula is C25H21F3N4O4. The van der Waals surface area contributed by atoms with Gasteiger partial charge >= 0.3 is 12.2 Å². The van der Waals surface area contributed by atoms with Crippen molar-refractivity contribution in [2.24, 2.45) is 0 Å². The molecule has 3 rings (SSSR count). The van der Waals surface area contributed by atoms with E-state index >= 15 is 0 Å². The molecule has 0 radical (unpaired) electrons. The quantitative estimate of drug-likeness (QED) is 0.606. The molecule has 1 unspecified atom stereocenters. The summed E-state index contributed by atoms with van der Waals surface area (Å²) in [7, 11) is 1.36. The molecule has 1 N–H and O–H groups in total. The van der Waals surface area contributed by atoms with Crippen molar-refractivity contribution < 1.29 is 32.3 Å².